The Hall–Kier alpha value is -0.540. The predicted molar refractivity (Wildman–Crippen MR) is 65.4 cm³/mol. The maximum Gasteiger partial charge on any atom is 0.123 e. The van der Waals surface area contributed by atoms with Crippen LogP contribution >= 0.6 is 15.9 Å². The van der Waals surface area contributed by atoms with Crippen LogP contribution in [0.3, 0.4) is 0 Å². The van der Waals surface area contributed by atoms with E-state index in [1.165, 1.54) is 24.0 Å². The van der Waals surface area contributed by atoms with E-state index >= 15 is 0 Å². The molecule has 1 atom stereocenters. The zero-order valence-corrected chi connectivity index (χ0v) is 10.5. The number of rotatable bonds is 2. The lowest BCUT2D eigenvalue weighted by atomic mass is 9.82. The summed E-state index contributed by atoms with van der Waals surface area (Å²) in [6, 6.07) is 4.23. The molecule has 1 aromatic carbocycles. The van der Waals surface area contributed by atoms with Crippen molar-refractivity contribution in [1.82, 2.24) is 0 Å². The maximum absolute atomic E-state index is 5.80. The standard InChI is InChI=1S/C12H16BrNO/c1-15-12-6-9(13)5-11-8(7-14)3-2-4-10(11)12/h5-6,8H,2-4,7,14H2,1H3. The molecular weight excluding hydrogens is 254 g/mol. The average molecular weight is 270 g/mol. The van der Waals surface area contributed by atoms with E-state index in [9.17, 15) is 0 Å². The molecule has 0 aliphatic heterocycles. The quantitative estimate of drug-likeness (QED) is 0.896. The molecule has 2 rings (SSSR count). The highest BCUT2D eigenvalue weighted by Crippen LogP contribution is 2.38. The molecule has 3 heteroatoms. The molecule has 0 saturated carbocycles. The zero-order valence-electron chi connectivity index (χ0n) is 8.92. The number of hydrogen-bond donors (Lipinski definition) is 1. The van der Waals surface area contributed by atoms with Crippen molar-refractivity contribution in [3.05, 3.63) is 27.7 Å². The van der Waals surface area contributed by atoms with Gasteiger partial charge in [0.1, 0.15) is 5.75 Å². The lowest BCUT2D eigenvalue weighted by molar-refractivity contribution is 0.403. The summed E-state index contributed by atoms with van der Waals surface area (Å²) < 4.78 is 6.50. The molecule has 0 spiro atoms. The van der Waals surface area contributed by atoms with E-state index in [4.69, 9.17) is 10.5 Å². The van der Waals surface area contributed by atoms with Crippen molar-refractivity contribution in [1.29, 1.82) is 0 Å². The highest BCUT2D eigenvalue weighted by Gasteiger charge is 2.22. The summed E-state index contributed by atoms with van der Waals surface area (Å²) in [4.78, 5) is 0. The Bertz CT molecular complexity index is 365. The second-order valence-electron chi connectivity index (χ2n) is 4.00. The first-order valence-corrected chi connectivity index (χ1v) is 6.12. The number of methoxy groups -OCH3 is 1. The number of fused-ring (bicyclic) bond motifs is 1. The number of halogens is 1. The molecule has 2 nitrogen and oxygen atoms in total. The summed E-state index contributed by atoms with van der Waals surface area (Å²) in [5.41, 5.74) is 8.52. The Morgan fingerprint density at radius 3 is 3.00 bits per heavy atom. The first-order valence-electron chi connectivity index (χ1n) is 5.32. The summed E-state index contributed by atoms with van der Waals surface area (Å²) in [5.74, 6) is 1.50. The SMILES string of the molecule is COc1cc(Br)cc2c1CCCC2CN. The van der Waals surface area contributed by atoms with E-state index in [0.29, 0.717) is 5.92 Å². The van der Waals surface area contributed by atoms with Crippen molar-refractivity contribution in [2.75, 3.05) is 13.7 Å². The van der Waals surface area contributed by atoms with E-state index < -0.39 is 0 Å². The molecule has 0 radical (unpaired) electrons. The summed E-state index contributed by atoms with van der Waals surface area (Å²) in [6.07, 6.45) is 3.53. The molecule has 0 fully saturated rings. The van der Waals surface area contributed by atoms with Crippen molar-refractivity contribution >= 4 is 15.9 Å². The molecule has 0 saturated heterocycles. The van der Waals surface area contributed by atoms with Crippen molar-refractivity contribution in [3.8, 4) is 5.75 Å². The lowest BCUT2D eigenvalue weighted by Crippen LogP contribution is -2.18. The summed E-state index contributed by atoms with van der Waals surface area (Å²) in [6.45, 7) is 0.729. The van der Waals surface area contributed by atoms with Gasteiger partial charge >= 0.3 is 0 Å². The van der Waals surface area contributed by atoms with Gasteiger partial charge in [-0.15, -0.1) is 0 Å². The van der Waals surface area contributed by atoms with Crippen LogP contribution in [0, 0.1) is 0 Å². The minimum Gasteiger partial charge on any atom is -0.496 e. The molecule has 0 aromatic heterocycles. The number of ether oxygens (including phenoxy) is 1. The maximum atomic E-state index is 5.80. The Morgan fingerprint density at radius 1 is 1.53 bits per heavy atom. The normalized spacial score (nSPS) is 19.8. The molecule has 0 bridgehead atoms. The van der Waals surface area contributed by atoms with Gasteiger partial charge in [0.05, 0.1) is 7.11 Å². The van der Waals surface area contributed by atoms with Crippen LogP contribution in [0.1, 0.15) is 29.9 Å². The molecular formula is C12H16BrNO. The fraction of sp³-hybridized carbons (Fsp3) is 0.500. The van der Waals surface area contributed by atoms with Crippen LogP contribution in [0.15, 0.2) is 16.6 Å². The lowest BCUT2D eigenvalue weighted by Gasteiger charge is -2.26. The minimum absolute atomic E-state index is 0.500. The van der Waals surface area contributed by atoms with Crippen molar-refractivity contribution in [2.24, 2.45) is 5.73 Å². The molecule has 15 heavy (non-hydrogen) atoms. The van der Waals surface area contributed by atoms with Gasteiger partial charge < -0.3 is 10.5 Å². The van der Waals surface area contributed by atoms with Crippen LogP contribution in [0.25, 0.3) is 0 Å². The van der Waals surface area contributed by atoms with Crippen LogP contribution in [0.5, 0.6) is 5.75 Å². The molecule has 1 aliphatic rings. The Labute approximate surface area is 98.9 Å². The van der Waals surface area contributed by atoms with Gasteiger partial charge in [-0.05, 0) is 55.0 Å². The molecule has 0 amide bonds. The number of hydrogen-bond acceptors (Lipinski definition) is 2. The van der Waals surface area contributed by atoms with E-state index in [0.717, 1.165) is 23.2 Å². The topological polar surface area (TPSA) is 35.2 Å². The second kappa shape index (κ2) is 4.54. The molecule has 1 unspecified atom stereocenters. The first-order chi connectivity index (χ1) is 7.26. The van der Waals surface area contributed by atoms with Gasteiger partial charge in [0, 0.05) is 4.47 Å². The fourth-order valence-electron chi connectivity index (χ4n) is 2.37. The molecule has 1 aliphatic carbocycles. The van der Waals surface area contributed by atoms with E-state index in [-0.39, 0.29) is 0 Å². The molecule has 1 aromatic rings. The van der Waals surface area contributed by atoms with Gasteiger partial charge in [-0.3, -0.25) is 0 Å². The summed E-state index contributed by atoms with van der Waals surface area (Å²) >= 11 is 3.52. The van der Waals surface area contributed by atoms with Gasteiger partial charge in [0.25, 0.3) is 0 Å². The monoisotopic (exact) mass is 269 g/mol. The summed E-state index contributed by atoms with van der Waals surface area (Å²) in [5, 5.41) is 0. The third-order valence-electron chi connectivity index (χ3n) is 3.13. The van der Waals surface area contributed by atoms with Gasteiger partial charge in [0.2, 0.25) is 0 Å². The van der Waals surface area contributed by atoms with Crippen LogP contribution in [-0.4, -0.2) is 13.7 Å². The third kappa shape index (κ3) is 2.04. The Morgan fingerprint density at radius 2 is 2.33 bits per heavy atom. The highest BCUT2D eigenvalue weighted by atomic mass is 79.9. The fourth-order valence-corrected chi connectivity index (χ4v) is 2.83. The smallest absolute Gasteiger partial charge is 0.123 e. The molecule has 2 N–H and O–H groups in total. The number of benzene rings is 1. The zero-order chi connectivity index (χ0) is 10.8. The van der Waals surface area contributed by atoms with Crippen LogP contribution in [-0.2, 0) is 6.42 Å². The van der Waals surface area contributed by atoms with Crippen LogP contribution < -0.4 is 10.5 Å². The predicted octanol–water partition coefficient (Wildman–Crippen LogP) is 2.84. The van der Waals surface area contributed by atoms with E-state index in [2.05, 4.69) is 22.0 Å². The van der Waals surface area contributed by atoms with Gasteiger partial charge in [-0.1, -0.05) is 15.9 Å². The van der Waals surface area contributed by atoms with E-state index in [1.54, 1.807) is 7.11 Å². The minimum atomic E-state index is 0.500. The average Bonchev–Trinajstić information content (AvgIpc) is 2.27. The molecule has 0 heterocycles. The number of nitrogens with two attached hydrogens (primary N) is 1. The van der Waals surface area contributed by atoms with Crippen LogP contribution in [0.4, 0.5) is 0 Å². The largest absolute Gasteiger partial charge is 0.496 e. The Balaban J connectivity index is 2.51. The van der Waals surface area contributed by atoms with Crippen molar-refractivity contribution in [3.63, 3.8) is 0 Å². The Kier molecular flexibility index (Phi) is 3.32. The molecule has 82 valence electrons. The van der Waals surface area contributed by atoms with Crippen molar-refractivity contribution < 1.29 is 4.74 Å². The van der Waals surface area contributed by atoms with Crippen LogP contribution in [0.2, 0.25) is 0 Å². The second-order valence-corrected chi connectivity index (χ2v) is 4.92. The van der Waals surface area contributed by atoms with Gasteiger partial charge in [-0.25, -0.2) is 0 Å². The van der Waals surface area contributed by atoms with Crippen molar-refractivity contribution in [2.45, 2.75) is 25.2 Å². The highest BCUT2D eigenvalue weighted by molar-refractivity contribution is 9.10. The third-order valence-corrected chi connectivity index (χ3v) is 3.59. The van der Waals surface area contributed by atoms with Gasteiger partial charge in [0.15, 0.2) is 0 Å². The van der Waals surface area contributed by atoms with E-state index in [1.807, 2.05) is 6.07 Å². The van der Waals surface area contributed by atoms with Gasteiger partial charge in [-0.2, -0.15) is 0 Å². The summed E-state index contributed by atoms with van der Waals surface area (Å²) in [7, 11) is 1.73. The first kappa shape index (κ1) is 11.0.